The van der Waals surface area contributed by atoms with Crippen LogP contribution in [0.25, 0.3) is 0 Å². The molecule has 116 valence electrons. The van der Waals surface area contributed by atoms with Gasteiger partial charge in [-0.15, -0.1) is 0 Å². The SMILES string of the molecule is O=C(CN1C(=O)CNC1=O)N1CCO[C@H](c2cnccn2)C1. The zero-order valence-corrected chi connectivity index (χ0v) is 11.8. The number of imide groups is 1. The topological polar surface area (TPSA) is 105 Å². The van der Waals surface area contributed by atoms with E-state index in [1.54, 1.807) is 23.5 Å². The number of nitrogens with zero attached hydrogens (tertiary/aromatic N) is 4. The summed E-state index contributed by atoms with van der Waals surface area (Å²) in [6.45, 7) is 0.794. The summed E-state index contributed by atoms with van der Waals surface area (Å²) in [5.41, 5.74) is 0.648. The highest BCUT2D eigenvalue weighted by molar-refractivity contribution is 6.04. The van der Waals surface area contributed by atoms with Crippen molar-refractivity contribution in [2.24, 2.45) is 0 Å². The molecule has 1 aromatic rings. The van der Waals surface area contributed by atoms with Gasteiger partial charge in [0.25, 0.3) is 5.91 Å². The lowest BCUT2D eigenvalue weighted by Crippen LogP contribution is -2.48. The molecule has 4 amide bonds. The van der Waals surface area contributed by atoms with Crippen molar-refractivity contribution >= 4 is 17.8 Å². The van der Waals surface area contributed by atoms with Gasteiger partial charge in [0, 0.05) is 18.9 Å². The van der Waals surface area contributed by atoms with E-state index in [2.05, 4.69) is 15.3 Å². The van der Waals surface area contributed by atoms with E-state index in [1.165, 1.54) is 0 Å². The molecule has 2 aliphatic rings. The van der Waals surface area contributed by atoms with Gasteiger partial charge in [-0.2, -0.15) is 0 Å². The van der Waals surface area contributed by atoms with E-state index in [0.29, 0.717) is 25.4 Å². The minimum atomic E-state index is -0.530. The van der Waals surface area contributed by atoms with Crippen LogP contribution in [0.2, 0.25) is 0 Å². The Balaban J connectivity index is 1.63. The number of carbonyl (C=O) groups is 3. The van der Waals surface area contributed by atoms with E-state index >= 15 is 0 Å². The first-order chi connectivity index (χ1) is 10.6. The summed E-state index contributed by atoms with van der Waals surface area (Å²) in [5, 5.41) is 2.39. The van der Waals surface area contributed by atoms with Crippen molar-refractivity contribution in [1.29, 1.82) is 0 Å². The summed E-state index contributed by atoms with van der Waals surface area (Å²) in [5.74, 6) is -0.681. The van der Waals surface area contributed by atoms with Crippen molar-refractivity contribution in [3.05, 3.63) is 24.3 Å². The van der Waals surface area contributed by atoms with Crippen molar-refractivity contribution in [3.8, 4) is 0 Å². The Bertz CT molecular complexity index is 577. The van der Waals surface area contributed by atoms with E-state index in [4.69, 9.17) is 4.74 Å². The lowest BCUT2D eigenvalue weighted by molar-refractivity contribution is -0.142. The van der Waals surface area contributed by atoms with E-state index < -0.39 is 11.9 Å². The molecule has 9 nitrogen and oxygen atoms in total. The van der Waals surface area contributed by atoms with Gasteiger partial charge in [0.2, 0.25) is 5.91 Å². The molecule has 1 aromatic heterocycles. The van der Waals surface area contributed by atoms with Crippen molar-refractivity contribution in [2.75, 3.05) is 32.8 Å². The molecule has 22 heavy (non-hydrogen) atoms. The van der Waals surface area contributed by atoms with E-state index in [9.17, 15) is 14.4 Å². The van der Waals surface area contributed by atoms with Gasteiger partial charge >= 0.3 is 6.03 Å². The maximum Gasteiger partial charge on any atom is 0.325 e. The Kier molecular flexibility index (Phi) is 3.96. The molecule has 0 spiro atoms. The summed E-state index contributed by atoms with van der Waals surface area (Å²) in [7, 11) is 0. The fourth-order valence-electron chi connectivity index (χ4n) is 2.38. The fraction of sp³-hybridized carbons (Fsp3) is 0.462. The van der Waals surface area contributed by atoms with Gasteiger partial charge < -0.3 is 15.0 Å². The van der Waals surface area contributed by atoms with Crippen LogP contribution in [0.5, 0.6) is 0 Å². The van der Waals surface area contributed by atoms with E-state index in [0.717, 1.165) is 4.90 Å². The number of morpholine rings is 1. The number of ether oxygens (including phenoxy) is 1. The standard InChI is InChI=1S/C13H15N5O4/c19-11-6-16-13(21)18(11)8-12(20)17-3-4-22-10(7-17)9-5-14-1-2-15-9/h1-2,5,10H,3-4,6-8H2,(H,16,21)/t10-/m0/s1. The lowest BCUT2D eigenvalue weighted by atomic mass is 10.2. The Hall–Kier alpha value is -2.55. The van der Waals surface area contributed by atoms with Crippen LogP contribution in [-0.4, -0.2) is 70.4 Å². The zero-order chi connectivity index (χ0) is 15.5. The van der Waals surface area contributed by atoms with Crippen LogP contribution in [-0.2, 0) is 14.3 Å². The number of hydrogen-bond donors (Lipinski definition) is 1. The van der Waals surface area contributed by atoms with Gasteiger partial charge in [-0.25, -0.2) is 4.79 Å². The van der Waals surface area contributed by atoms with Crippen molar-refractivity contribution in [2.45, 2.75) is 6.10 Å². The normalized spacial score (nSPS) is 21.9. The molecule has 1 N–H and O–H groups in total. The summed E-state index contributed by atoms with van der Waals surface area (Å²) in [6.07, 6.45) is 4.37. The molecule has 0 bridgehead atoms. The summed E-state index contributed by atoms with van der Waals surface area (Å²) >= 11 is 0. The first-order valence-electron chi connectivity index (χ1n) is 6.88. The highest BCUT2D eigenvalue weighted by atomic mass is 16.5. The molecule has 2 aliphatic heterocycles. The average Bonchev–Trinajstić information content (AvgIpc) is 2.88. The number of carbonyl (C=O) groups excluding carboxylic acids is 3. The van der Waals surface area contributed by atoms with Crippen molar-refractivity contribution in [3.63, 3.8) is 0 Å². The van der Waals surface area contributed by atoms with Crippen LogP contribution >= 0.6 is 0 Å². The Labute approximate surface area is 126 Å². The van der Waals surface area contributed by atoms with Crippen LogP contribution < -0.4 is 5.32 Å². The second kappa shape index (κ2) is 6.06. The molecule has 0 saturated carbocycles. The van der Waals surface area contributed by atoms with Crippen LogP contribution in [0, 0.1) is 0 Å². The summed E-state index contributed by atoms with van der Waals surface area (Å²) in [6, 6.07) is -0.530. The molecule has 1 atom stereocenters. The molecule has 9 heteroatoms. The molecule has 0 radical (unpaired) electrons. The zero-order valence-electron chi connectivity index (χ0n) is 11.8. The second-order valence-electron chi connectivity index (χ2n) is 4.97. The molecule has 0 unspecified atom stereocenters. The predicted octanol–water partition coefficient (Wildman–Crippen LogP) is -1.07. The lowest BCUT2D eigenvalue weighted by Gasteiger charge is -2.33. The van der Waals surface area contributed by atoms with Gasteiger partial charge in [0.05, 0.1) is 31.6 Å². The van der Waals surface area contributed by atoms with Gasteiger partial charge in [-0.3, -0.25) is 24.5 Å². The molecule has 2 saturated heterocycles. The minimum absolute atomic E-state index is 0.0581. The summed E-state index contributed by atoms with van der Waals surface area (Å²) in [4.78, 5) is 45.9. The summed E-state index contributed by atoms with van der Waals surface area (Å²) < 4.78 is 5.60. The monoisotopic (exact) mass is 305 g/mol. The first-order valence-corrected chi connectivity index (χ1v) is 6.88. The average molecular weight is 305 g/mol. The molecule has 2 fully saturated rings. The van der Waals surface area contributed by atoms with Gasteiger partial charge in [-0.05, 0) is 0 Å². The molecule has 3 rings (SSSR count). The largest absolute Gasteiger partial charge is 0.368 e. The Morgan fingerprint density at radius 1 is 1.41 bits per heavy atom. The quantitative estimate of drug-likeness (QED) is 0.713. The van der Waals surface area contributed by atoms with E-state index in [1.807, 2.05) is 0 Å². The molecule has 0 aromatic carbocycles. The first kappa shape index (κ1) is 14.4. The van der Waals surface area contributed by atoms with Crippen molar-refractivity contribution < 1.29 is 19.1 Å². The predicted molar refractivity (Wildman–Crippen MR) is 72.4 cm³/mol. The third kappa shape index (κ3) is 2.89. The van der Waals surface area contributed by atoms with Crippen LogP contribution in [0.15, 0.2) is 18.6 Å². The Morgan fingerprint density at radius 2 is 2.27 bits per heavy atom. The second-order valence-corrected chi connectivity index (χ2v) is 4.97. The molecular weight excluding hydrogens is 290 g/mol. The number of hydrogen-bond acceptors (Lipinski definition) is 6. The molecular formula is C13H15N5O4. The highest BCUT2D eigenvalue weighted by Gasteiger charge is 2.33. The third-order valence-electron chi connectivity index (χ3n) is 3.56. The van der Waals surface area contributed by atoms with Crippen LogP contribution in [0.4, 0.5) is 4.79 Å². The number of amides is 4. The fourth-order valence-corrected chi connectivity index (χ4v) is 2.38. The van der Waals surface area contributed by atoms with Gasteiger partial charge in [0.15, 0.2) is 0 Å². The Morgan fingerprint density at radius 3 is 2.95 bits per heavy atom. The number of rotatable bonds is 3. The number of nitrogens with one attached hydrogen (secondary N) is 1. The van der Waals surface area contributed by atoms with Crippen molar-refractivity contribution in [1.82, 2.24) is 25.1 Å². The number of aromatic nitrogens is 2. The van der Waals surface area contributed by atoms with Gasteiger partial charge in [0.1, 0.15) is 12.6 Å². The van der Waals surface area contributed by atoms with Gasteiger partial charge in [-0.1, -0.05) is 0 Å². The highest BCUT2D eigenvalue weighted by Crippen LogP contribution is 2.19. The van der Waals surface area contributed by atoms with Crippen LogP contribution in [0.1, 0.15) is 11.8 Å². The van der Waals surface area contributed by atoms with Crippen LogP contribution in [0.3, 0.4) is 0 Å². The maximum atomic E-state index is 12.3. The third-order valence-corrected chi connectivity index (χ3v) is 3.56. The van der Waals surface area contributed by atoms with E-state index in [-0.39, 0.29) is 25.1 Å². The molecule has 0 aliphatic carbocycles. The maximum absolute atomic E-state index is 12.3. The number of urea groups is 1. The molecule has 3 heterocycles. The smallest absolute Gasteiger partial charge is 0.325 e. The minimum Gasteiger partial charge on any atom is -0.368 e.